The fourth-order valence-electron chi connectivity index (χ4n) is 4.37. The van der Waals surface area contributed by atoms with Crippen molar-refractivity contribution in [3.05, 3.63) is 29.3 Å². The summed E-state index contributed by atoms with van der Waals surface area (Å²) >= 11 is 0. The molecule has 0 radical (unpaired) electrons. The summed E-state index contributed by atoms with van der Waals surface area (Å²) in [4.78, 5) is 37.5. The van der Waals surface area contributed by atoms with E-state index in [2.05, 4.69) is 0 Å². The zero-order chi connectivity index (χ0) is 22.3. The Hall–Kier alpha value is -2.39. The van der Waals surface area contributed by atoms with Crippen LogP contribution in [0.4, 0.5) is 32.0 Å². The molecule has 3 rings (SSSR count). The first-order valence-corrected chi connectivity index (χ1v) is 9.47. The van der Waals surface area contributed by atoms with Gasteiger partial charge in [0.05, 0.1) is 11.1 Å². The third kappa shape index (κ3) is 4.67. The molecule has 1 N–H and O–H groups in total. The quantitative estimate of drug-likeness (QED) is 0.516. The van der Waals surface area contributed by atoms with Gasteiger partial charge in [-0.25, -0.2) is 0 Å². The maximum atomic E-state index is 13.0. The predicted octanol–water partition coefficient (Wildman–Crippen LogP) is 5.16. The van der Waals surface area contributed by atoms with Crippen molar-refractivity contribution in [3.63, 3.8) is 0 Å². The fourth-order valence-corrected chi connectivity index (χ4v) is 4.37. The Morgan fingerprint density at radius 3 is 1.73 bits per heavy atom. The molecule has 2 fully saturated rings. The number of alkyl halides is 6. The van der Waals surface area contributed by atoms with E-state index in [1.165, 1.54) is 0 Å². The van der Waals surface area contributed by atoms with Crippen LogP contribution in [0, 0.1) is 11.3 Å². The van der Waals surface area contributed by atoms with Crippen molar-refractivity contribution in [2.24, 2.45) is 11.3 Å². The Bertz CT molecular complexity index is 816. The smallest absolute Gasteiger partial charge is 0.325 e. The number of halogens is 6. The zero-order valence-electron chi connectivity index (χ0n) is 15.8. The van der Waals surface area contributed by atoms with Crippen LogP contribution < -0.4 is 5.32 Å². The molecule has 2 aliphatic carbocycles. The van der Waals surface area contributed by atoms with Crippen LogP contribution in [0.2, 0.25) is 0 Å². The number of amides is 1. The maximum absolute atomic E-state index is 13.0. The number of anilines is 1. The van der Waals surface area contributed by atoms with Gasteiger partial charge >= 0.3 is 12.4 Å². The van der Waals surface area contributed by atoms with Gasteiger partial charge in [0.2, 0.25) is 5.91 Å². The lowest BCUT2D eigenvalue weighted by atomic mass is 9.62. The molecule has 164 valence electrons. The topological polar surface area (TPSA) is 63.2 Å². The summed E-state index contributed by atoms with van der Waals surface area (Å²) in [5.74, 6) is -4.22. The van der Waals surface area contributed by atoms with Gasteiger partial charge in [-0.3, -0.25) is 14.4 Å². The van der Waals surface area contributed by atoms with Crippen LogP contribution in [0.3, 0.4) is 0 Å². The molecule has 0 saturated heterocycles. The average molecular weight is 435 g/mol. The lowest BCUT2D eigenvalue weighted by Gasteiger charge is -2.40. The van der Waals surface area contributed by atoms with Crippen molar-refractivity contribution < 1.29 is 40.7 Å². The van der Waals surface area contributed by atoms with Crippen molar-refractivity contribution in [1.29, 1.82) is 0 Å². The van der Waals surface area contributed by atoms with Crippen molar-refractivity contribution in [3.8, 4) is 0 Å². The Morgan fingerprint density at radius 1 is 0.833 bits per heavy atom. The van der Waals surface area contributed by atoms with Crippen molar-refractivity contribution in [2.45, 2.75) is 57.3 Å². The largest absolute Gasteiger partial charge is 0.416 e. The lowest BCUT2D eigenvalue weighted by Crippen LogP contribution is -2.46. The Kier molecular flexibility index (Phi) is 5.72. The predicted molar refractivity (Wildman–Crippen MR) is 93.3 cm³/mol. The second kappa shape index (κ2) is 7.70. The second-order valence-electron chi connectivity index (χ2n) is 8.06. The SMILES string of the molecule is O=C1CC2(CCCCC2)CC(=O)C1C(=O)Nc1cc(C(F)(F)F)cc(C(F)(F)F)c1. The van der Waals surface area contributed by atoms with E-state index in [1.807, 2.05) is 5.32 Å². The van der Waals surface area contributed by atoms with Gasteiger partial charge in [0.1, 0.15) is 0 Å². The van der Waals surface area contributed by atoms with E-state index < -0.39 is 58.0 Å². The summed E-state index contributed by atoms with van der Waals surface area (Å²) in [5.41, 5.74) is -4.46. The minimum atomic E-state index is -5.08. The minimum absolute atomic E-state index is 0.00716. The van der Waals surface area contributed by atoms with Crippen LogP contribution in [0.15, 0.2) is 18.2 Å². The van der Waals surface area contributed by atoms with E-state index in [-0.39, 0.29) is 18.9 Å². The molecule has 1 amide bonds. The van der Waals surface area contributed by atoms with Crippen molar-refractivity contribution in [1.82, 2.24) is 0 Å². The standard InChI is InChI=1S/C20H19F6NO3/c21-19(22,23)11-6-12(20(24,25)26)8-13(7-11)27-17(30)16-14(28)9-18(10-15(16)29)4-2-1-3-5-18/h6-8,16H,1-5,9-10H2,(H,27,30). The fraction of sp³-hybridized carbons (Fsp3) is 0.550. The van der Waals surface area contributed by atoms with Gasteiger partial charge < -0.3 is 5.32 Å². The molecule has 2 aliphatic rings. The van der Waals surface area contributed by atoms with Gasteiger partial charge in [0, 0.05) is 18.5 Å². The Morgan fingerprint density at radius 2 is 1.30 bits per heavy atom. The molecule has 10 heteroatoms. The molecule has 0 heterocycles. The number of ketones is 2. The number of rotatable bonds is 2. The summed E-state index contributed by atoms with van der Waals surface area (Å²) in [6.07, 6.45) is -6.06. The molecular weight excluding hydrogens is 416 g/mol. The Labute approximate surface area is 168 Å². The minimum Gasteiger partial charge on any atom is -0.325 e. The molecule has 1 aromatic rings. The highest BCUT2D eigenvalue weighted by Crippen LogP contribution is 2.46. The van der Waals surface area contributed by atoms with Crippen LogP contribution in [0.25, 0.3) is 0 Å². The Balaban J connectivity index is 1.83. The van der Waals surface area contributed by atoms with Crippen LogP contribution in [0.5, 0.6) is 0 Å². The highest BCUT2D eigenvalue weighted by Gasteiger charge is 2.48. The normalized spacial score (nSPS) is 20.5. The number of carbonyl (C=O) groups excluding carboxylic acids is 3. The van der Waals surface area contributed by atoms with E-state index in [1.54, 1.807) is 0 Å². The summed E-state index contributed by atoms with van der Waals surface area (Å²) in [6, 6.07) is 0.612. The van der Waals surface area contributed by atoms with E-state index in [9.17, 15) is 40.7 Å². The molecule has 0 unspecified atom stereocenters. The average Bonchev–Trinajstić information content (AvgIpc) is 2.59. The molecule has 2 saturated carbocycles. The number of carbonyl (C=O) groups is 3. The number of hydrogen-bond acceptors (Lipinski definition) is 3. The molecule has 0 aliphatic heterocycles. The highest BCUT2D eigenvalue weighted by atomic mass is 19.4. The van der Waals surface area contributed by atoms with Gasteiger partial charge in [0.25, 0.3) is 0 Å². The molecule has 0 bridgehead atoms. The molecule has 4 nitrogen and oxygen atoms in total. The molecule has 1 spiro atoms. The first-order chi connectivity index (χ1) is 13.8. The van der Waals surface area contributed by atoms with Crippen molar-refractivity contribution >= 4 is 23.2 Å². The third-order valence-corrected chi connectivity index (χ3v) is 5.77. The van der Waals surface area contributed by atoms with Crippen LogP contribution in [0.1, 0.15) is 56.1 Å². The summed E-state index contributed by atoms with van der Waals surface area (Å²) in [6.45, 7) is 0. The third-order valence-electron chi connectivity index (χ3n) is 5.77. The van der Waals surface area contributed by atoms with Gasteiger partial charge in [-0.1, -0.05) is 19.3 Å². The summed E-state index contributed by atoms with van der Waals surface area (Å²) in [5, 5.41) is 1.91. The van der Waals surface area contributed by atoms with Crippen LogP contribution >= 0.6 is 0 Å². The van der Waals surface area contributed by atoms with Gasteiger partial charge in [-0.05, 0) is 36.5 Å². The number of benzene rings is 1. The van der Waals surface area contributed by atoms with E-state index >= 15 is 0 Å². The first kappa shape index (κ1) is 22.3. The number of nitrogens with one attached hydrogen (secondary N) is 1. The van der Waals surface area contributed by atoms with Gasteiger partial charge in [-0.15, -0.1) is 0 Å². The maximum Gasteiger partial charge on any atom is 0.416 e. The van der Waals surface area contributed by atoms with E-state index in [0.29, 0.717) is 25.0 Å². The molecule has 0 aromatic heterocycles. The molecule has 1 aromatic carbocycles. The monoisotopic (exact) mass is 435 g/mol. The number of Topliss-reactive ketones (excluding diaryl/α,β-unsaturated/α-hetero) is 2. The van der Waals surface area contributed by atoms with Gasteiger partial charge in [-0.2, -0.15) is 26.3 Å². The summed E-state index contributed by atoms with van der Waals surface area (Å²) in [7, 11) is 0. The molecule has 30 heavy (non-hydrogen) atoms. The summed E-state index contributed by atoms with van der Waals surface area (Å²) < 4.78 is 77.8. The van der Waals surface area contributed by atoms with Gasteiger partial charge in [0.15, 0.2) is 17.5 Å². The lowest BCUT2D eigenvalue weighted by molar-refractivity contribution is -0.147. The van der Waals surface area contributed by atoms with Crippen LogP contribution in [-0.4, -0.2) is 17.5 Å². The van der Waals surface area contributed by atoms with E-state index in [4.69, 9.17) is 0 Å². The molecular formula is C20H19F6NO3. The second-order valence-corrected chi connectivity index (χ2v) is 8.06. The number of hydrogen-bond donors (Lipinski definition) is 1. The van der Waals surface area contributed by atoms with E-state index in [0.717, 1.165) is 19.3 Å². The van der Waals surface area contributed by atoms with Crippen molar-refractivity contribution in [2.75, 3.05) is 5.32 Å². The first-order valence-electron chi connectivity index (χ1n) is 9.47. The molecule has 0 atom stereocenters. The van der Waals surface area contributed by atoms with Crippen LogP contribution in [-0.2, 0) is 26.7 Å². The zero-order valence-corrected chi connectivity index (χ0v) is 15.8. The highest BCUT2D eigenvalue weighted by molar-refractivity contribution is 6.23.